The molecule has 0 bridgehead atoms. The van der Waals surface area contributed by atoms with Gasteiger partial charge in [0.05, 0.1) is 14.1 Å². The van der Waals surface area contributed by atoms with Gasteiger partial charge in [0.1, 0.15) is 12.3 Å². The highest BCUT2D eigenvalue weighted by molar-refractivity contribution is 5.78. The summed E-state index contributed by atoms with van der Waals surface area (Å²) in [6.45, 7) is 5.67. The van der Waals surface area contributed by atoms with Crippen LogP contribution in [-0.4, -0.2) is 38.2 Å². The van der Waals surface area contributed by atoms with Crippen molar-refractivity contribution in [2.45, 2.75) is 13.0 Å². The number of likely N-dealkylation sites (N-methyl/N-ethyl adjacent to an activating group) is 1. The van der Waals surface area contributed by atoms with Gasteiger partial charge < -0.3 is 10.2 Å². The number of hydrogen-bond acceptors (Lipinski definition) is 3. The first-order valence-corrected chi connectivity index (χ1v) is 5.67. The van der Waals surface area contributed by atoms with Crippen LogP contribution < -0.4 is 4.48 Å². The van der Waals surface area contributed by atoms with Gasteiger partial charge in [-0.05, 0) is 19.1 Å². The second-order valence-corrected chi connectivity index (χ2v) is 4.47. The fourth-order valence-corrected chi connectivity index (χ4v) is 1.56. The van der Waals surface area contributed by atoms with Crippen molar-refractivity contribution >= 4 is 11.7 Å². The summed E-state index contributed by atoms with van der Waals surface area (Å²) in [4.78, 5) is 11.8. The fraction of sp³-hybridized carbons (Fsp3) is 0.357. The van der Waals surface area contributed by atoms with Gasteiger partial charge in [-0.3, -0.25) is 4.48 Å². The molecule has 100 valence electrons. The third kappa shape index (κ3) is 3.68. The number of quaternary nitrogens is 1. The molecule has 18 heavy (non-hydrogen) atoms. The Morgan fingerprint density at radius 3 is 2.44 bits per heavy atom. The van der Waals surface area contributed by atoms with Crippen molar-refractivity contribution in [1.82, 2.24) is 4.48 Å². The average molecular weight is 251 g/mol. The van der Waals surface area contributed by atoms with Crippen LogP contribution in [0.3, 0.4) is 0 Å². The molecule has 0 aliphatic carbocycles. The maximum Gasteiger partial charge on any atom is 0.365 e. The number of para-hydroxylation sites is 1. The zero-order valence-corrected chi connectivity index (χ0v) is 11.2. The Balaban J connectivity index is 0.00000289. The fourth-order valence-electron chi connectivity index (χ4n) is 1.56. The first-order valence-electron chi connectivity index (χ1n) is 5.67. The zero-order valence-electron chi connectivity index (χ0n) is 11.2. The van der Waals surface area contributed by atoms with E-state index in [1.165, 1.54) is 0 Å². The topological polar surface area (TPSA) is 56.3 Å². The third-order valence-corrected chi connectivity index (χ3v) is 3.07. The highest BCUT2D eigenvalue weighted by Crippen LogP contribution is 2.22. The van der Waals surface area contributed by atoms with Crippen LogP contribution in [0.2, 0.25) is 0 Å². The lowest BCUT2D eigenvalue weighted by Gasteiger charge is -2.33. The standard InChI is InChI=1S/C14H20NO2.H2O/c1-5-11-17-14(16)12(2)15(3,4)13-9-7-6-8-10-13;/h5-10,12H,1,11H2,2-4H3;1H2/q+1;/p-1. The van der Waals surface area contributed by atoms with E-state index >= 15 is 0 Å². The van der Waals surface area contributed by atoms with Crippen molar-refractivity contribution in [3.05, 3.63) is 43.0 Å². The second kappa shape index (κ2) is 6.93. The van der Waals surface area contributed by atoms with Crippen molar-refractivity contribution in [2.75, 3.05) is 20.7 Å². The molecule has 0 aliphatic rings. The maximum atomic E-state index is 11.8. The lowest BCUT2D eigenvalue weighted by Crippen LogP contribution is -2.53. The van der Waals surface area contributed by atoms with E-state index in [9.17, 15) is 4.79 Å². The minimum absolute atomic E-state index is 0. The molecule has 4 heteroatoms. The summed E-state index contributed by atoms with van der Waals surface area (Å²) < 4.78 is 5.56. The molecule has 0 aliphatic heterocycles. The summed E-state index contributed by atoms with van der Waals surface area (Å²) in [5, 5.41) is 0. The Hall–Kier alpha value is -1.65. The van der Waals surface area contributed by atoms with Crippen molar-refractivity contribution in [2.24, 2.45) is 0 Å². The Labute approximate surface area is 108 Å². The zero-order chi connectivity index (χ0) is 12.9. The SMILES string of the molecule is C=CCOC(=O)C(C)[N+](C)(C)c1ccccc1.[OH-]. The monoisotopic (exact) mass is 251 g/mol. The summed E-state index contributed by atoms with van der Waals surface area (Å²) in [5.41, 5.74) is 1.08. The second-order valence-electron chi connectivity index (χ2n) is 4.47. The van der Waals surface area contributed by atoms with Crippen LogP contribution in [0.4, 0.5) is 5.69 Å². The average Bonchev–Trinajstić information content (AvgIpc) is 2.36. The van der Waals surface area contributed by atoms with Crippen LogP contribution in [0.1, 0.15) is 6.92 Å². The molecule has 1 rings (SSSR count). The summed E-state index contributed by atoms with van der Waals surface area (Å²) in [5.74, 6) is -0.209. The Morgan fingerprint density at radius 1 is 1.39 bits per heavy atom. The number of carbonyl (C=O) groups is 1. The van der Waals surface area contributed by atoms with Crippen LogP contribution in [0.15, 0.2) is 43.0 Å². The van der Waals surface area contributed by atoms with Gasteiger partial charge in [0.15, 0.2) is 6.04 Å². The number of nitrogens with zero attached hydrogens (tertiary/aromatic N) is 1. The van der Waals surface area contributed by atoms with Gasteiger partial charge >= 0.3 is 5.97 Å². The first kappa shape index (κ1) is 16.4. The van der Waals surface area contributed by atoms with Crippen molar-refractivity contribution in [1.29, 1.82) is 0 Å². The van der Waals surface area contributed by atoms with Gasteiger partial charge in [-0.1, -0.05) is 30.9 Å². The van der Waals surface area contributed by atoms with E-state index in [1.807, 2.05) is 51.4 Å². The van der Waals surface area contributed by atoms with Crippen molar-refractivity contribution < 1.29 is 15.0 Å². The molecule has 0 radical (unpaired) electrons. The van der Waals surface area contributed by atoms with Gasteiger partial charge in [-0.15, -0.1) is 0 Å². The number of ether oxygens (including phenoxy) is 1. The lowest BCUT2D eigenvalue weighted by molar-refractivity contribution is -0.146. The predicted octanol–water partition coefficient (Wildman–Crippen LogP) is 2.19. The van der Waals surface area contributed by atoms with Crippen LogP contribution in [0.5, 0.6) is 0 Å². The normalized spacial score (nSPS) is 12.2. The van der Waals surface area contributed by atoms with Crippen LogP contribution >= 0.6 is 0 Å². The summed E-state index contributed by atoms with van der Waals surface area (Å²) in [7, 11) is 3.99. The molecule has 1 atom stereocenters. The van der Waals surface area contributed by atoms with E-state index in [2.05, 4.69) is 6.58 Å². The summed E-state index contributed by atoms with van der Waals surface area (Å²) >= 11 is 0. The van der Waals surface area contributed by atoms with E-state index in [4.69, 9.17) is 4.74 Å². The molecule has 0 saturated heterocycles. The Bertz CT molecular complexity index is 387. The highest BCUT2D eigenvalue weighted by atomic mass is 16.5. The summed E-state index contributed by atoms with van der Waals surface area (Å²) in [6, 6.07) is 9.67. The van der Waals surface area contributed by atoms with Gasteiger partial charge in [-0.2, -0.15) is 0 Å². The van der Waals surface area contributed by atoms with Crippen LogP contribution in [-0.2, 0) is 9.53 Å². The first-order chi connectivity index (χ1) is 8.00. The molecular weight excluding hydrogens is 230 g/mol. The van der Waals surface area contributed by atoms with Crippen LogP contribution in [0, 0.1) is 0 Å². The maximum absolute atomic E-state index is 11.8. The number of carbonyl (C=O) groups excluding carboxylic acids is 1. The number of rotatable bonds is 5. The highest BCUT2D eigenvalue weighted by Gasteiger charge is 2.33. The molecule has 0 aromatic heterocycles. The third-order valence-electron chi connectivity index (χ3n) is 3.07. The molecule has 1 unspecified atom stereocenters. The number of hydrogen-bond donors (Lipinski definition) is 0. The molecule has 1 aromatic carbocycles. The quantitative estimate of drug-likeness (QED) is 0.458. The molecule has 0 heterocycles. The smallest absolute Gasteiger partial charge is 0.365 e. The van der Waals surface area contributed by atoms with Crippen LogP contribution in [0.25, 0.3) is 0 Å². The minimum atomic E-state index is -0.252. The van der Waals surface area contributed by atoms with Gasteiger partial charge in [-0.25, -0.2) is 4.79 Å². The lowest BCUT2D eigenvalue weighted by atomic mass is 10.2. The molecule has 0 spiro atoms. The van der Waals surface area contributed by atoms with Crippen molar-refractivity contribution in [3.8, 4) is 0 Å². The molecule has 0 amide bonds. The molecule has 0 fully saturated rings. The minimum Gasteiger partial charge on any atom is -0.870 e. The van der Waals surface area contributed by atoms with E-state index < -0.39 is 0 Å². The molecule has 1 N–H and O–H groups in total. The van der Waals surface area contributed by atoms with E-state index in [0.717, 1.165) is 5.69 Å². The Morgan fingerprint density at radius 2 is 1.94 bits per heavy atom. The molecule has 0 saturated carbocycles. The molecule has 1 aromatic rings. The van der Waals surface area contributed by atoms with Gasteiger partial charge in [0.25, 0.3) is 0 Å². The predicted molar refractivity (Wildman–Crippen MR) is 72.6 cm³/mol. The van der Waals surface area contributed by atoms with Crippen molar-refractivity contribution in [3.63, 3.8) is 0 Å². The molecule has 4 nitrogen and oxygen atoms in total. The Kier molecular flexibility index (Phi) is 6.30. The summed E-state index contributed by atoms with van der Waals surface area (Å²) in [6.07, 6.45) is 1.58. The van der Waals surface area contributed by atoms with Gasteiger partial charge in [0.2, 0.25) is 0 Å². The number of esters is 1. The van der Waals surface area contributed by atoms with E-state index in [-0.39, 0.29) is 24.1 Å². The largest absolute Gasteiger partial charge is 0.870 e. The van der Waals surface area contributed by atoms with Gasteiger partial charge in [0, 0.05) is 0 Å². The van der Waals surface area contributed by atoms with E-state index in [0.29, 0.717) is 4.48 Å². The number of benzene rings is 1. The molecular formula is C14H21NO3. The van der Waals surface area contributed by atoms with E-state index in [1.54, 1.807) is 6.08 Å².